The van der Waals surface area contributed by atoms with E-state index in [4.69, 9.17) is 10.8 Å². The molecular formula is C7H6F2N2O3. The fourth-order valence-electron chi connectivity index (χ4n) is 0.972. The summed E-state index contributed by atoms with van der Waals surface area (Å²) in [6.07, 6.45) is -3.09. The van der Waals surface area contributed by atoms with Crippen molar-refractivity contribution in [2.24, 2.45) is 5.73 Å². The highest BCUT2D eigenvalue weighted by Crippen LogP contribution is 2.28. The molecule has 0 saturated heterocycles. The molecule has 0 aliphatic heterocycles. The molecular weight excluding hydrogens is 198 g/mol. The summed E-state index contributed by atoms with van der Waals surface area (Å²) in [5.74, 6) is -2.18. The van der Waals surface area contributed by atoms with Gasteiger partial charge in [0.1, 0.15) is 11.4 Å². The molecule has 4 N–H and O–H groups in total. The second kappa shape index (κ2) is 3.44. The molecule has 5 nitrogen and oxygen atoms in total. The number of hydrogen-bond acceptors (Lipinski definition) is 3. The number of nitrogens with one attached hydrogen (secondary N) is 1. The third-order valence-corrected chi connectivity index (χ3v) is 1.53. The Labute approximate surface area is 76.2 Å². The van der Waals surface area contributed by atoms with Gasteiger partial charge in [-0.2, -0.15) is 0 Å². The van der Waals surface area contributed by atoms with Gasteiger partial charge in [0.25, 0.3) is 17.9 Å². The molecule has 0 unspecified atom stereocenters. The van der Waals surface area contributed by atoms with Gasteiger partial charge in [0.05, 0.1) is 5.56 Å². The molecule has 1 rings (SSSR count). The van der Waals surface area contributed by atoms with Gasteiger partial charge in [0.2, 0.25) is 0 Å². The highest BCUT2D eigenvalue weighted by atomic mass is 19.3. The molecule has 1 aromatic heterocycles. The Morgan fingerprint density at radius 2 is 2.14 bits per heavy atom. The summed E-state index contributed by atoms with van der Waals surface area (Å²) in [5, 5.41) is 8.98. The van der Waals surface area contributed by atoms with Crippen LogP contribution in [-0.4, -0.2) is 16.0 Å². The van der Waals surface area contributed by atoms with Gasteiger partial charge in [-0.1, -0.05) is 0 Å². The molecule has 7 heteroatoms. The van der Waals surface area contributed by atoms with Gasteiger partial charge in [0.15, 0.2) is 0 Å². The third kappa shape index (κ3) is 1.70. The van der Waals surface area contributed by atoms with Crippen molar-refractivity contribution in [3.8, 4) is 5.75 Å². The Balaban J connectivity index is 3.52. The number of amides is 1. The lowest BCUT2D eigenvalue weighted by Gasteiger charge is -2.06. The summed E-state index contributed by atoms with van der Waals surface area (Å²) in [6, 6.07) is 0.550. The van der Waals surface area contributed by atoms with E-state index in [2.05, 4.69) is 0 Å². The number of halogens is 2. The average molecular weight is 204 g/mol. The maximum Gasteiger partial charge on any atom is 0.269 e. The summed E-state index contributed by atoms with van der Waals surface area (Å²) in [6.45, 7) is 0. The van der Waals surface area contributed by atoms with Gasteiger partial charge < -0.3 is 15.8 Å². The van der Waals surface area contributed by atoms with Crippen LogP contribution in [0.2, 0.25) is 0 Å². The van der Waals surface area contributed by atoms with E-state index in [1.165, 1.54) is 0 Å². The van der Waals surface area contributed by atoms with Crippen molar-refractivity contribution in [2.75, 3.05) is 0 Å². The molecule has 1 amide bonds. The molecule has 0 atom stereocenters. The van der Waals surface area contributed by atoms with E-state index in [9.17, 15) is 18.4 Å². The number of primary amides is 1. The molecule has 0 saturated carbocycles. The predicted octanol–water partition coefficient (Wildman–Crippen LogP) is 0.117. The fraction of sp³-hybridized carbons (Fsp3) is 0.143. The first-order valence-corrected chi connectivity index (χ1v) is 3.47. The van der Waals surface area contributed by atoms with Crippen LogP contribution in [0.5, 0.6) is 5.75 Å². The second-order valence-corrected chi connectivity index (χ2v) is 2.47. The Kier molecular flexibility index (Phi) is 2.50. The number of pyridine rings is 1. The molecule has 0 fully saturated rings. The van der Waals surface area contributed by atoms with Crippen LogP contribution >= 0.6 is 0 Å². The van der Waals surface area contributed by atoms with Gasteiger partial charge in [0, 0.05) is 6.07 Å². The molecule has 1 aromatic rings. The number of carbonyl (C=O) groups excluding carboxylic acids is 1. The number of aromatic hydroxyl groups is 1. The van der Waals surface area contributed by atoms with Crippen LogP contribution in [0.4, 0.5) is 8.78 Å². The van der Waals surface area contributed by atoms with Crippen molar-refractivity contribution in [3.05, 3.63) is 27.7 Å². The number of H-pyrrole nitrogens is 1. The van der Waals surface area contributed by atoms with Crippen molar-refractivity contribution in [1.29, 1.82) is 0 Å². The highest BCUT2D eigenvalue weighted by molar-refractivity contribution is 5.92. The van der Waals surface area contributed by atoms with E-state index in [0.29, 0.717) is 6.07 Å². The topological polar surface area (TPSA) is 96.2 Å². The lowest BCUT2D eigenvalue weighted by Crippen LogP contribution is -2.21. The number of aromatic nitrogens is 1. The van der Waals surface area contributed by atoms with E-state index in [0.717, 1.165) is 0 Å². The maximum absolute atomic E-state index is 12.3. The number of alkyl halides is 2. The summed E-state index contributed by atoms with van der Waals surface area (Å²) < 4.78 is 24.6. The average Bonchev–Trinajstić information content (AvgIpc) is 2.01. The zero-order valence-corrected chi connectivity index (χ0v) is 6.75. The van der Waals surface area contributed by atoms with E-state index in [-0.39, 0.29) is 0 Å². The van der Waals surface area contributed by atoms with Crippen molar-refractivity contribution >= 4 is 5.91 Å². The second-order valence-electron chi connectivity index (χ2n) is 2.47. The Bertz CT molecular complexity index is 427. The van der Waals surface area contributed by atoms with Gasteiger partial charge in [-0.25, -0.2) is 8.78 Å². The highest BCUT2D eigenvalue weighted by Gasteiger charge is 2.22. The quantitative estimate of drug-likeness (QED) is 0.638. The molecule has 0 bridgehead atoms. The fourth-order valence-corrected chi connectivity index (χ4v) is 0.972. The van der Waals surface area contributed by atoms with Crippen molar-refractivity contribution in [2.45, 2.75) is 6.43 Å². The van der Waals surface area contributed by atoms with Crippen LogP contribution in [-0.2, 0) is 0 Å². The van der Waals surface area contributed by atoms with E-state index < -0.39 is 34.9 Å². The Morgan fingerprint density at radius 1 is 1.57 bits per heavy atom. The van der Waals surface area contributed by atoms with Crippen LogP contribution in [0.1, 0.15) is 22.5 Å². The van der Waals surface area contributed by atoms with Crippen LogP contribution in [0.15, 0.2) is 10.9 Å². The Hall–Kier alpha value is -1.92. The number of carbonyl (C=O) groups is 1. The molecule has 76 valence electrons. The van der Waals surface area contributed by atoms with Gasteiger partial charge >= 0.3 is 0 Å². The summed E-state index contributed by atoms with van der Waals surface area (Å²) in [7, 11) is 0. The summed E-state index contributed by atoms with van der Waals surface area (Å²) >= 11 is 0. The molecule has 0 radical (unpaired) electrons. The number of rotatable bonds is 2. The van der Waals surface area contributed by atoms with Crippen LogP contribution in [0.3, 0.4) is 0 Å². The predicted molar refractivity (Wildman–Crippen MR) is 42.2 cm³/mol. The zero-order valence-electron chi connectivity index (χ0n) is 6.75. The SMILES string of the molecule is NC(=O)c1[nH]c(=O)cc(O)c1C(F)F. The summed E-state index contributed by atoms with van der Waals surface area (Å²) in [4.78, 5) is 23.2. The first-order chi connectivity index (χ1) is 6.43. The van der Waals surface area contributed by atoms with Crippen LogP contribution < -0.4 is 11.3 Å². The van der Waals surface area contributed by atoms with Gasteiger partial charge in [-0.3, -0.25) is 9.59 Å². The molecule has 0 spiro atoms. The number of nitrogens with two attached hydrogens (primary N) is 1. The van der Waals surface area contributed by atoms with Crippen molar-refractivity contribution in [1.82, 2.24) is 4.98 Å². The summed E-state index contributed by atoms with van der Waals surface area (Å²) in [5.41, 5.74) is 2.13. The zero-order chi connectivity index (χ0) is 10.9. The molecule has 0 aliphatic carbocycles. The lowest BCUT2D eigenvalue weighted by atomic mass is 10.1. The molecule has 1 heterocycles. The van der Waals surface area contributed by atoms with Gasteiger partial charge in [-0.05, 0) is 0 Å². The van der Waals surface area contributed by atoms with Crippen molar-refractivity contribution in [3.63, 3.8) is 0 Å². The lowest BCUT2D eigenvalue weighted by molar-refractivity contribution is 0.0977. The van der Waals surface area contributed by atoms with E-state index in [1.807, 2.05) is 4.98 Å². The normalized spacial score (nSPS) is 10.5. The smallest absolute Gasteiger partial charge is 0.269 e. The monoisotopic (exact) mass is 204 g/mol. The van der Waals surface area contributed by atoms with Gasteiger partial charge in [-0.15, -0.1) is 0 Å². The van der Waals surface area contributed by atoms with Crippen LogP contribution in [0, 0.1) is 0 Å². The standard InChI is InChI=1S/C7H6F2N2O3/c8-6(9)4-2(12)1-3(13)11-5(4)7(10)14/h1,6H,(H2,10,14)(H2,11,12,13). The van der Waals surface area contributed by atoms with Crippen LogP contribution in [0.25, 0.3) is 0 Å². The molecule has 14 heavy (non-hydrogen) atoms. The third-order valence-electron chi connectivity index (χ3n) is 1.53. The minimum atomic E-state index is -3.09. The Morgan fingerprint density at radius 3 is 2.57 bits per heavy atom. The van der Waals surface area contributed by atoms with E-state index >= 15 is 0 Å². The van der Waals surface area contributed by atoms with E-state index in [1.54, 1.807) is 0 Å². The first-order valence-electron chi connectivity index (χ1n) is 3.47. The largest absolute Gasteiger partial charge is 0.507 e. The number of aromatic amines is 1. The number of hydrogen-bond donors (Lipinski definition) is 3. The minimum Gasteiger partial charge on any atom is -0.507 e. The first kappa shape index (κ1) is 10.2. The maximum atomic E-state index is 12.3. The molecule has 0 aromatic carbocycles. The molecule has 0 aliphatic rings. The minimum absolute atomic E-state index is 0.550. The van der Waals surface area contributed by atoms with Crippen molar-refractivity contribution < 1.29 is 18.7 Å².